The molecule has 0 aliphatic heterocycles. The minimum Gasteiger partial charge on any atom is -0.271 e. The predicted octanol–water partition coefficient (Wildman–Crippen LogP) is 3.47. The summed E-state index contributed by atoms with van der Waals surface area (Å²) in [5.41, 5.74) is 10.6. The lowest BCUT2D eigenvalue weighted by molar-refractivity contribution is 0.632. The van der Waals surface area contributed by atoms with Gasteiger partial charge in [0, 0.05) is 0 Å². The lowest BCUT2D eigenvalue weighted by atomic mass is 9.91. The monoisotopic (exact) mass is 254 g/mol. The Labute approximate surface area is 115 Å². The van der Waals surface area contributed by atoms with E-state index in [0.29, 0.717) is 0 Å². The average molecular weight is 254 g/mol. The molecule has 0 saturated carbocycles. The second-order valence-electron chi connectivity index (χ2n) is 5.23. The summed E-state index contributed by atoms with van der Waals surface area (Å²) in [6.07, 6.45) is 0. The SMILES string of the molecule is Cc1ccc(C(NN)c2cccc(C)c2C)cc1C. The molecule has 0 heterocycles. The van der Waals surface area contributed by atoms with Crippen molar-refractivity contribution in [3.05, 3.63) is 69.8 Å². The van der Waals surface area contributed by atoms with Crippen LogP contribution in [0.5, 0.6) is 0 Å². The summed E-state index contributed by atoms with van der Waals surface area (Å²) in [6.45, 7) is 8.54. The van der Waals surface area contributed by atoms with Crippen LogP contribution in [-0.4, -0.2) is 0 Å². The van der Waals surface area contributed by atoms with Crippen molar-refractivity contribution in [3.8, 4) is 0 Å². The highest BCUT2D eigenvalue weighted by molar-refractivity contribution is 5.42. The minimum absolute atomic E-state index is 0.0409. The Hall–Kier alpha value is -1.64. The zero-order chi connectivity index (χ0) is 14.0. The number of nitrogens with one attached hydrogen (secondary N) is 1. The molecule has 2 nitrogen and oxygen atoms in total. The Bertz CT molecular complexity index is 588. The summed E-state index contributed by atoms with van der Waals surface area (Å²) in [6, 6.07) is 12.9. The van der Waals surface area contributed by atoms with Crippen LogP contribution in [0.4, 0.5) is 0 Å². The third-order valence-corrected chi connectivity index (χ3v) is 3.99. The molecule has 3 N–H and O–H groups in total. The van der Waals surface area contributed by atoms with E-state index in [2.05, 4.69) is 69.5 Å². The van der Waals surface area contributed by atoms with Crippen LogP contribution in [0.3, 0.4) is 0 Å². The van der Waals surface area contributed by atoms with Gasteiger partial charge in [0.2, 0.25) is 0 Å². The van der Waals surface area contributed by atoms with Gasteiger partial charge in [-0.05, 0) is 61.1 Å². The largest absolute Gasteiger partial charge is 0.271 e. The van der Waals surface area contributed by atoms with Crippen molar-refractivity contribution < 1.29 is 0 Å². The highest BCUT2D eigenvalue weighted by Crippen LogP contribution is 2.27. The summed E-state index contributed by atoms with van der Waals surface area (Å²) in [5, 5.41) is 0. The summed E-state index contributed by atoms with van der Waals surface area (Å²) in [4.78, 5) is 0. The van der Waals surface area contributed by atoms with E-state index in [1.54, 1.807) is 0 Å². The first-order valence-electron chi connectivity index (χ1n) is 6.64. The van der Waals surface area contributed by atoms with Crippen LogP contribution in [0.2, 0.25) is 0 Å². The lowest BCUT2D eigenvalue weighted by Crippen LogP contribution is -2.29. The van der Waals surface area contributed by atoms with Gasteiger partial charge in [0.15, 0.2) is 0 Å². The van der Waals surface area contributed by atoms with Crippen molar-refractivity contribution >= 4 is 0 Å². The molecule has 2 rings (SSSR count). The standard InChI is InChI=1S/C17H22N2/c1-11-8-9-15(10-13(11)3)17(19-18)16-7-5-6-12(2)14(16)4/h5-10,17,19H,18H2,1-4H3. The van der Waals surface area contributed by atoms with Gasteiger partial charge in [-0.2, -0.15) is 0 Å². The van der Waals surface area contributed by atoms with Crippen LogP contribution in [0, 0.1) is 27.7 Å². The molecule has 0 aliphatic rings. The van der Waals surface area contributed by atoms with Crippen LogP contribution < -0.4 is 11.3 Å². The van der Waals surface area contributed by atoms with Crippen molar-refractivity contribution in [2.45, 2.75) is 33.7 Å². The first kappa shape index (κ1) is 13.8. The Kier molecular flexibility index (Phi) is 4.03. The Morgan fingerprint density at radius 3 is 2.26 bits per heavy atom. The van der Waals surface area contributed by atoms with Crippen molar-refractivity contribution in [2.24, 2.45) is 5.84 Å². The van der Waals surface area contributed by atoms with Crippen molar-refractivity contribution in [1.82, 2.24) is 5.43 Å². The summed E-state index contributed by atoms with van der Waals surface area (Å²) in [7, 11) is 0. The zero-order valence-electron chi connectivity index (χ0n) is 12.1. The molecule has 2 aromatic carbocycles. The number of hydrazine groups is 1. The molecule has 0 amide bonds. The van der Waals surface area contributed by atoms with E-state index in [1.165, 1.54) is 33.4 Å². The average Bonchev–Trinajstić information content (AvgIpc) is 2.39. The van der Waals surface area contributed by atoms with Gasteiger partial charge in [0.1, 0.15) is 0 Å². The molecule has 0 aromatic heterocycles. The van der Waals surface area contributed by atoms with Gasteiger partial charge in [0.25, 0.3) is 0 Å². The highest BCUT2D eigenvalue weighted by Gasteiger charge is 2.15. The molecule has 0 aliphatic carbocycles. The number of hydrogen-bond donors (Lipinski definition) is 2. The van der Waals surface area contributed by atoms with Gasteiger partial charge < -0.3 is 0 Å². The van der Waals surface area contributed by atoms with Gasteiger partial charge >= 0.3 is 0 Å². The molecule has 0 radical (unpaired) electrons. The maximum absolute atomic E-state index is 5.79. The topological polar surface area (TPSA) is 38.0 Å². The fourth-order valence-corrected chi connectivity index (χ4v) is 2.40. The molecule has 1 unspecified atom stereocenters. The van der Waals surface area contributed by atoms with E-state index in [9.17, 15) is 0 Å². The quantitative estimate of drug-likeness (QED) is 0.650. The Morgan fingerprint density at radius 1 is 0.895 bits per heavy atom. The molecular weight excluding hydrogens is 232 g/mol. The number of nitrogens with two attached hydrogens (primary N) is 1. The molecule has 100 valence electrons. The minimum atomic E-state index is 0.0409. The number of benzene rings is 2. The summed E-state index contributed by atoms with van der Waals surface area (Å²) >= 11 is 0. The number of aryl methyl sites for hydroxylation is 3. The van der Waals surface area contributed by atoms with E-state index in [0.717, 1.165) is 0 Å². The van der Waals surface area contributed by atoms with Crippen molar-refractivity contribution in [1.29, 1.82) is 0 Å². The predicted molar refractivity (Wildman–Crippen MR) is 81.0 cm³/mol. The van der Waals surface area contributed by atoms with E-state index >= 15 is 0 Å². The number of rotatable bonds is 3. The molecule has 0 fully saturated rings. The Balaban J connectivity index is 2.50. The smallest absolute Gasteiger partial charge is 0.0712 e. The van der Waals surface area contributed by atoms with Gasteiger partial charge in [-0.25, -0.2) is 5.43 Å². The van der Waals surface area contributed by atoms with Gasteiger partial charge in [0.05, 0.1) is 6.04 Å². The lowest BCUT2D eigenvalue weighted by Gasteiger charge is -2.21. The third-order valence-electron chi connectivity index (χ3n) is 3.99. The molecule has 1 atom stereocenters. The first-order chi connectivity index (χ1) is 9.04. The van der Waals surface area contributed by atoms with Crippen LogP contribution in [0.25, 0.3) is 0 Å². The van der Waals surface area contributed by atoms with Crippen LogP contribution in [0.15, 0.2) is 36.4 Å². The highest BCUT2D eigenvalue weighted by atomic mass is 15.2. The van der Waals surface area contributed by atoms with E-state index in [1.807, 2.05) is 0 Å². The summed E-state index contributed by atoms with van der Waals surface area (Å²) in [5.74, 6) is 5.79. The van der Waals surface area contributed by atoms with Gasteiger partial charge in [-0.3, -0.25) is 5.84 Å². The van der Waals surface area contributed by atoms with Crippen LogP contribution in [0.1, 0.15) is 39.4 Å². The second kappa shape index (κ2) is 5.55. The van der Waals surface area contributed by atoms with Crippen molar-refractivity contribution in [2.75, 3.05) is 0 Å². The molecular formula is C17H22N2. The molecule has 2 heteroatoms. The molecule has 0 saturated heterocycles. The van der Waals surface area contributed by atoms with Gasteiger partial charge in [-0.1, -0.05) is 36.4 Å². The van der Waals surface area contributed by atoms with E-state index in [4.69, 9.17) is 5.84 Å². The zero-order valence-corrected chi connectivity index (χ0v) is 12.1. The fraction of sp³-hybridized carbons (Fsp3) is 0.294. The molecule has 0 spiro atoms. The van der Waals surface area contributed by atoms with E-state index < -0.39 is 0 Å². The number of hydrogen-bond acceptors (Lipinski definition) is 2. The molecule has 2 aromatic rings. The van der Waals surface area contributed by atoms with Crippen LogP contribution in [-0.2, 0) is 0 Å². The maximum Gasteiger partial charge on any atom is 0.0712 e. The first-order valence-corrected chi connectivity index (χ1v) is 6.64. The van der Waals surface area contributed by atoms with Gasteiger partial charge in [-0.15, -0.1) is 0 Å². The molecule has 19 heavy (non-hydrogen) atoms. The van der Waals surface area contributed by atoms with E-state index in [-0.39, 0.29) is 6.04 Å². The van der Waals surface area contributed by atoms with Crippen LogP contribution >= 0.6 is 0 Å². The normalized spacial score (nSPS) is 12.5. The summed E-state index contributed by atoms with van der Waals surface area (Å²) < 4.78 is 0. The van der Waals surface area contributed by atoms with Crippen molar-refractivity contribution in [3.63, 3.8) is 0 Å². The Morgan fingerprint density at radius 2 is 1.63 bits per heavy atom. The maximum atomic E-state index is 5.79. The third kappa shape index (κ3) is 2.70. The molecule has 0 bridgehead atoms. The fourth-order valence-electron chi connectivity index (χ4n) is 2.40. The second-order valence-corrected chi connectivity index (χ2v) is 5.23.